The van der Waals surface area contributed by atoms with E-state index in [1.54, 1.807) is 0 Å². The van der Waals surface area contributed by atoms with E-state index in [9.17, 15) is 0 Å². The third kappa shape index (κ3) is 3.25. The highest BCUT2D eigenvalue weighted by Gasteiger charge is 2.55. The van der Waals surface area contributed by atoms with E-state index in [0.29, 0.717) is 22.0 Å². The minimum atomic E-state index is -1.78. The number of aryl methyl sites for hydroxylation is 1. The summed E-state index contributed by atoms with van der Waals surface area (Å²) in [6.07, 6.45) is 8.58. The molecule has 0 N–H and O–H groups in total. The SMILES string of the molecule is CC(C)(C)[Si](C)(C)O[C@H]1CC[C@@H]2[C@H]1c1occc1CCC21SCCCS1. The first-order valence-electron chi connectivity index (χ1n) is 10.3. The molecule has 1 aromatic rings. The first kappa shape index (κ1) is 19.5. The van der Waals surface area contributed by atoms with Crippen LogP contribution in [0.15, 0.2) is 16.7 Å². The standard InChI is InChI=1S/C21H34O2S2Si/c1-20(2,3)26(4,5)23-17-8-7-16-18(17)19-15(10-12-22-19)9-11-21(16)24-13-6-14-25-21/h10,12,16-18H,6-9,11,13-14H2,1-5H3/t16-,17+,18-/m1/s1. The molecule has 26 heavy (non-hydrogen) atoms. The molecular formula is C21H34O2S2Si. The van der Waals surface area contributed by atoms with Gasteiger partial charge in [-0.3, -0.25) is 0 Å². The summed E-state index contributed by atoms with van der Waals surface area (Å²) in [5.74, 6) is 5.06. The topological polar surface area (TPSA) is 22.4 Å². The fourth-order valence-electron chi connectivity index (χ4n) is 4.78. The summed E-state index contributed by atoms with van der Waals surface area (Å²) in [6.45, 7) is 11.9. The maximum atomic E-state index is 7.01. The Morgan fingerprint density at radius 3 is 2.62 bits per heavy atom. The minimum Gasteiger partial charge on any atom is -0.469 e. The van der Waals surface area contributed by atoms with Crippen LogP contribution < -0.4 is 0 Å². The molecule has 2 aliphatic carbocycles. The van der Waals surface area contributed by atoms with E-state index in [1.807, 2.05) is 6.26 Å². The molecule has 1 aliphatic heterocycles. The lowest BCUT2D eigenvalue weighted by molar-refractivity contribution is 0.149. The molecule has 0 bridgehead atoms. The van der Waals surface area contributed by atoms with Gasteiger partial charge in [0, 0.05) is 5.92 Å². The molecule has 2 heterocycles. The largest absolute Gasteiger partial charge is 0.469 e. The first-order valence-corrected chi connectivity index (χ1v) is 15.1. The van der Waals surface area contributed by atoms with Crippen molar-refractivity contribution in [1.29, 1.82) is 0 Å². The first-order chi connectivity index (χ1) is 12.2. The predicted molar refractivity (Wildman–Crippen MR) is 117 cm³/mol. The Morgan fingerprint density at radius 1 is 1.19 bits per heavy atom. The van der Waals surface area contributed by atoms with Crippen molar-refractivity contribution in [1.82, 2.24) is 0 Å². The smallest absolute Gasteiger partial charge is 0.192 e. The number of furan rings is 1. The van der Waals surface area contributed by atoms with E-state index in [1.165, 1.54) is 54.9 Å². The summed E-state index contributed by atoms with van der Waals surface area (Å²) in [7, 11) is -1.78. The van der Waals surface area contributed by atoms with Crippen molar-refractivity contribution in [2.75, 3.05) is 11.5 Å². The van der Waals surface area contributed by atoms with Gasteiger partial charge < -0.3 is 8.84 Å². The van der Waals surface area contributed by atoms with Gasteiger partial charge in [0.2, 0.25) is 0 Å². The molecule has 4 rings (SSSR count). The Kier molecular flexibility index (Phi) is 5.16. The van der Waals surface area contributed by atoms with Crippen molar-refractivity contribution in [2.24, 2.45) is 5.92 Å². The monoisotopic (exact) mass is 410 g/mol. The summed E-state index contributed by atoms with van der Waals surface area (Å²) in [5, 5.41) is 0.258. The number of thioether (sulfide) groups is 2. The lowest BCUT2D eigenvalue weighted by Crippen LogP contribution is -2.45. The van der Waals surface area contributed by atoms with Crippen molar-refractivity contribution < 1.29 is 8.84 Å². The summed E-state index contributed by atoms with van der Waals surface area (Å²) >= 11 is 4.51. The quantitative estimate of drug-likeness (QED) is 0.507. The lowest BCUT2D eigenvalue weighted by atomic mass is 9.89. The van der Waals surface area contributed by atoms with Crippen LogP contribution in [0, 0.1) is 5.92 Å². The number of hydrogen-bond donors (Lipinski definition) is 0. The van der Waals surface area contributed by atoms with Crippen molar-refractivity contribution in [3.8, 4) is 0 Å². The van der Waals surface area contributed by atoms with E-state index < -0.39 is 8.32 Å². The van der Waals surface area contributed by atoms with Gasteiger partial charge in [0.1, 0.15) is 5.76 Å². The molecule has 146 valence electrons. The minimum absolute atomic E-state index is 0.258. The average Bonchev–Trinajstić information content (AvgIpc) is 3.16. The van der Waals surface area contributed by atoms with Crippen molar-refractivity contribution in [3.63, 3.8) is 0 Å². The molecule has 0 aromatic carbocycles. The van der Waals surface area contributed by atoms with Gasteiger partial charge in [-0.2, -0.15) is 0 Å². The van der Waals surface area contributed by atoms with Crippen molar-refractivity contribution in [2.45, 2.75) is 87.1 Å². The van der Waals surface area contributed by atoms with Crippen molar-refractivity contribution >= 4 is 31.8 Å². The highest BCUT2D eigenvalue weighted by Crippen LogP contribution is 2.62. The fraction of sp³-hybridized carbons (Fsp3) is 0.810. The Bertz CT molecular complexity index is 643. The number of hydrogen-bond acceptors (Lipinski definition) is 4. The second kappa shape index (κ2) is 6.89. The van der Waals surface area contributed by atoms with Crippen LogP contribution in [-0.4, -0.2) is 30.0 Å². The molecule has 3 atom stereocenters. The van der Waals surface area contributed by atoms with Crippen LogP contribution in [0.1, 0.15) is 63.7 Å². The van der Waals surface area contributed by atoms with E-state index >= 15 is 0 Å². The summed E-state index contributed by atoms with van der Waals surface area (Å²) in [5.41, 5.74) is 1.45. The maximum Gasteiger partial charge on any atom is 0.192 e. The fourth-order valence-corrected chi connectivity index (χ4v) is 9.89. The zero-order chi connectivity index (χ0) is 18.6. The van der Waals surface area contributed by atoms with Crippen LogP contribution in [0.25, 0.3) is 0 Å². The van der Waals surface area contributed by atoms with Gasteiger partial charge in [-0.15, -0.1) is 23.5 Å². The molecule has 5 heteroatoms. The molecule has 2 nitrogen and oxygen atoms in total. The Morgan fingerprint density at radius 2 is 1.92 bits per heavy atom. The maximum absolute atomic E-state index is 7.01. The molecule has 1 saturated heterocycles. The third-order valence-electron chi connectivity index (χ3n) is 7.22. The third-order valence-corrected chi connectivity index (χ3v) is 15.4. The number of rotatable bonds is 2. The van der Waals surface area contributed by atoms with Crippen LogP contribution in [0.5, 0.6) is 0 Å². The molecule has 1 aromatic heterocycles. The second-order valence-corrected chi connectivity index (χ2v) is 17.7. The van der Waals surface area contributed by atoms with E-state index in [4.69, 9.17) is 8.84 Å². The van der Waals surface area contributed by atoms with Gasteiger partial charge in [0.05, 0.1) is 16.4 Å². The van der Waals surface area contributed by atoms with Crippen LogP contribution in [0.4, 0.5) is 0 Å². The van der Waals surface area contributed by atoms with Crippen molar-refractivity contribution in [3.05, 3.63) is 23.7 Å². The zero-order valence-corrected chi connectivity index (χ0v) is 19.6. The van der Waals surface area contributed by atoms with Gasteiger partial charge in [0.25, 0.3) is 0 Å². The van der Waals surface area contributed by atoms with Gasteiger partial charge in [-0.1, -0.05) is 20.8 Å². The molecule has 0 radical (unpaired) electrons. The molecule has 0 unspecified atom stereocenters. The average molecular weight is 411 g/mol. The van der Waals surface area contributed by atoms with Gasteiger partial charge in [0.15, 0.2) is 8.32 Å². The second-order valence-electron chi connectivity index (χ2n) is 9.80. The van der Waals surface area contributed by atoms with Gasteiger partial charge in [-0.25, -0.2) is 0 Å². The number of fused-ring (bicyclic) bond motifs is 4. The zero-order valence-electron chi connectivity index (χ0n) is 17.0. The summed E-state index contributed by atoms with van der Waals surface area (Å²) < 4.78 is 13.5. The molecule has 0 amide bonds. The highest BCUT2D eigenvalue weighted by atomic mass is 32.2. The Labute approximate surface area is 168 Å². The molecule has 2 fully saturated rings. The predicted octanol–water partition coefficient (Wildman–Crippen LogP) is 6.68. The molecule has 1 saturated carbocycles. The normalized spacial score (nSPS) is 31.5. The van der Waals surface area contributed by atoms with Crippen LogP contribution in [-0.2, 0) is 10.8 Å². The lowest BCUT2D eigenvalue weighted by Gasteiger charge is -2.44. The molecule has 3 aliphatic rings. The van der Waals surface area contributed by atoms with Gasteiger partial charge >= 0.3 is 0 Å². The van der Waals surface area contributed by atoms with E-state index in [2.05, 4.69) is 63.5 Å². The summed E-state index contributed by atoms with van der Waals surface area (Å²) in [4.78, 5) is 0. The Balaban J connectivity index is 1.68. The van der Waals surface area contributed by atoms with Gasteiger partial charge in [-0.05, 0) is 79.3 Å². The van der Waals surface area contributed by atoms with E-state index in [0.717, 1.165) is 0 Å². The molecular weight excluding hydrogens is 376 g/mol. The van der Waals surface area contributed by atoms with Crippen LogP contribution in [0.2, 0.25) is 18.1 Å². The van der Waals surface area contributed by atoms with E-state index in [-0.39, 0.29) is 5.04 Å². The molecule has 1 spiro atoms. The highest BCUT2D eigenvalue weighted by molar-refractivity contribution is 8.18. The summed E-state index contributed by atoms with van der Waals surface area (Å²) in [6, 6.07) is 2.23. The Hall–Kier alpha value is 0.157. The van der Waals surface area contributed by atoms with Crippen LogP contribution in [0.3, 0.4) is 0 Å². The van der Waals surface area contributed by atoms with Crippen LogP contribution >= 0.6 is 23.5 Å².